The van der Waals surface area contributed by atoms with Gasteiger partial charge in [0.05, 0.1) is 5.69 Å². The second kappa shape index (κ2) is 7.21. The minimum atomic E-state index is -0.181. The summed E-state index contributed by atoms with van der Waals surface area (Å²) >= 11 is 1.62. The van der Waals surface area contributed by atoms with Crippen LogP contribution in [0.25, 0.3) is 5.65 Å². The zero-order valence-corrected chi connectivity index (χ0v) is 15.4. The molecule has 26 heavy (non-hydrogen) atoms. The maximum Gasteiger partial charge on any atom is 0.191 e. The first-order chi connectivity index (χ1) is 12.7. The molecular weight excluding hydrogens is 346 g/mol. The average molecular weight is 365 g/mol. The Balaban J connectivity index is 1.45. The molecule has 7 heteroatoms. The summed E-state index contributed by atoms with van der Waals surface area (Å²) in [6.45, 7) is 1.98. The van der Waals surface area contributed by atoms with E-state index in [1.165, 1.54) is 0 Å². The summed E-state index contributed by atoms with van der Waals surface area (Å²) in [5.74, 6) is 2.36. The maximum absolute atomic E-state index is 5.95. The first-order valence-corrected chi connectivity index (χ1v) is 9.35. The number of ether oxygens (including phenoxy) is 1. The molecule has 0 N–H and O–H groups in total. The van der Waals surface area contributed by atoms with Gasteiger partial charge in [0.2, 0.25) is 0 Å². The fraction of sp³-hybridized carbons (Fsp3) is 0.211. The molecule has 0 aliphatic carbocycles. The molecule has 1 unspecified atom stereocenters. The Bertz CT molecular complexity index is 978. The van der Waals surface area contributed by atoms with Crippen molar-refractivity contribution in [1.29, 1.82) is 0 Å². The summed E-state index contributed by atoms with van der Waals surface area (Å²) in [5.41, 5.74) is 1.96. The van der Waals surface area contributed by atoms with Crippen LogP contribution in [0.5, 0.6) is 5.75 Å². The number of rotatable bonds is 6. The van der Waals surface area contributed by atoms with Gasteiger partial charge in [0.15, 0.2) is 17.1 Å². The molecule has 0 saturated heterocycles. The van der Waals surface area contributed by atoms with Crippen LogP contribution in [0, 0.1) is 0 Å². The molecule has 1 aromatic carbocycles. The molecule has 0 saturated carbocycles. The van der Waals surface area contributed by atoms with Gasteiger partial charge in [0.25, 0.3) is 0 Å². The molecule has 3 heterocycles. The zero-order valence-electron chi connectivity index (χ0n) is 14.6. The summed E-state index contributed by atoms with van der Waals surface area (Å²) in [6.07, 6.45) is 3.86. The van der Waals surface area contributed by atoms with E-state index in [9.17, 15) is 0 Å². The van der Waals surface area contributed by atoms with E-state index in [2.05, 4.69) is 15.2 Å². The Labute approximate surface area is 155 Å². The topological polar surface area (TPSA) is 57.2 Å². The van der Waals surface area contributed by atoms with Crippen molar-refractivity contribution in [3.63, 3.8) is 0 Å². The summed E-state index contributed by atoms with van der Waals surface area (Å²) < 4.78 is 9.95. The van der Waals surface area contributed by atoms with E-state index < -0.39 is 0 Å². The monoisotopic (exact) mass is 365 g/mol. The quantitative estimate of drug-likeness (QED) is 0.485. The third kappa shape index (κ3) is 3.43. The van der Waals surface area contributed by atoms with Gasteiger partial charge in [0.1, 0.15) is 11.4 Å². The fourth-order valence-corrected chi connectivity index (χ4v) is 3.56. The van der Waals surface area contributed by atoms with Gasteiger partial charge in [0, 0.05) is 25.2 Å². The lowest BCUT2D eigenvalue weighted by molar-refractivity contribution is 0.211. The molecule has 3 aromatic heterocycles. The lowest BCUT2D eigenvalue weighted by Crippen LogP contribution is -2.10. The van der Waals surface area contributed by atoms with Crippen LogP contribution in [-0.4, -0.2) is 24.1 Å². The van der Waals surface area contributed by atoms with Gasteiger partial charge >= 0.3 is 0 Å². The number of hydrogen-bond donors (Lipinski definition) is 0. The minimum Gasteiger partial charge on any atom is -0.483 e. The van der Waals surface area contributed by atoms with E-state index in [4.69, 9.17) is 4.74 Å². The Morgan fingerprint density at radius 2 is 1.88 bits per heavy atom. The number of imidazole rings is 1. The molecule has 0 fully saturated rings. The minimum absolute atomic E-state index is 0.181. The van der Waals surface area contributed by atoms with Crippen molar-refractivity contribution >= 4 is 17.4 Å². The molecule has 0 bridgehead atoms. The van der Waals surface area contributed by atoms with Crippen LogP contribution in [0.2, 0.25) is 0 Å². The molecule has 6 nitrogen and oxygen atoms in total. The van der Waals surface area contributed by atoms with Gasteiger partial charge in [-0.1, -0.05) is 36.0 Å². The normalized spacial score (nSPS) is 12.4. The highest BCUT2D eigenvalue weighted by Crippen LogP contribution is 2.25. The van der Waals surface area contributed by atoms with Crippen LogP contribution in [0.3, 0.4) is 0 Å². The van der Waals surface area contributed by atoms with Crippen LogP contribution in [0.15, 0.2) is 66.1 Å². The van der Waals surface area contributed by atoms with Crippen LogP contribution < -0.4 is 4.74 Å². The number of pyridine rings is 1. The lowest BCUT2D eigenvalue weighted by Gasteiger charge is -2.14. The second-order valence-electron chi connectivity index (χ2n) is 5.96. The van der Waals surface area contributed by atoms with Gasteiger partial charge in [-0.25, -0.2) is 4.98 Å². The van der Waals surface area contributed by atoms with Crippen molar-refractivity contribution in [2.45, 2.75) is 23.9 Å². The van der Waals surface area contributed by atoms with Crippen molar-refractivity contribution in [3.8, 4) is 5.75 Å². The van der Waals surface area contributed by atoms with E-state index in [0.717, 1.165) is 33.8 Å². The third-order valence-electron chi connectivity index (χ3n) is 4.05. The molecule has 0 radical (unpaired) electrons. The zero-order chi connectivity index (χ0) is 17.9. The molecule has 0 amide bonds. The summed E-state index contributed by atoms with van der Waals surface area (Å²) in [6, 6.07) is 15.7. The van der Waals surface area contributed by atoms with Crippen LogP contribution >= 0.6 is 11.8 Å². The largest absolute Gasteiger partial charge is 0.483 e. The molecule has 0 spiro atoms. The molecule has 0 aliphatic rings. The Morgan fingerprint density at radius 3 is 2.69 bits per heavy atom. The predicted molar refractivity (Wildman–Crippen MR) is 101 cm³/mol. The standard InChI is InChI=1S/C19H19N5OS/c1-14(25-16-8-4-3-5-9-16)18-21-22-19(23(18)2)26-13-15-12-24-11-7-6-10-17(24)20-15/h3-12,14H,13H2,1-2H3. The van der Waals surface area contributed by atoms with Crippen LogP contribution in [0.1, 0.15) is 24.5 Å². The number of aromatic nitrogens is 5. The van der Waals surface area contributed by atoms with Crippen molar-refractivity contribution in [2.75, 3.05) is 0 Å². The maximum atomic E-state index is 5.95. The molecule has 0 aliphatic heterocycles. The van der Waals surface area contributed by atoms with Gasteiger partial charge in [-0.3, -0.25) is 0 Å². The third-order valence-corrected chi connectivity index (χ3v) is 5.11. The molecular formula is C19H19N5OS. The predicted octanol–water partition coefficient (Wildman–Crippen LogP) is 3.90. The Hall–Kier alpha value is -2.80. The second-order valence-corrected chi connectivity index (χ2v) is 6.90. The number of para-hydroxylation sites is 1. The van der Waals surface area contributed by atoms with Crippen molar-refractivity contribution in [2.24, 2.45) is 7.05 Å². The van der Waals surface area contributed by atoms with E-state index in [0.29, 0.717) is 0 Å². The van der Waals surface area contributed by atoms with Gasteiger partial charge < -0.3 is 13.7 Å². The number of thioether (sulfide) groups is 1. The lowest BCUT2D eigenvalue weighted by atomic mass is 10.3. The van der Waals surface area contributed by atoms with Crippen LogP contribution in [0.4, 0.5) is 0 Å². The molecule has 132 valence electrons. The number of nitrogens with zero attached hydrogens (tertiary/aromatic N) is 5. The van der Waals surface area contributed by atoms with Gasteiger partial charge in [-0.05, 0) is 31.2 Å². The summed E-state index contributed by atoms with van der Waals surface area (Å²) in [7, 11) is 1.96. The molecule has 4 rings (SSSR count). The van der Waals surface area contributed by atoms with Crippen molar-refractivity contribution in [1.82, 2.24) is 24.1 Å². The van der Waals surface area contributed by atoms with Crippen molar-refractivity contribution in [3.05, 3.63) is 72.4 Å². The fourth-order valence-electron chi connectivity index (χ4n) is 2.76. The SMILES string of the molecule is CC(Oc1ccccc1)c1nnc(SCc2cn3ccccc3n2)n1C. The number of benzene rings is 1. The number of fused-ring (bicyclic) bond motifs is 1. The first-order valence-electron chi connectivity index (χ1n) is 8.37. The molecule has 1 atom stereocenters. The summed E-state index contributed by atoms with van der Waals surface area (Å²) in [4.78, 5) is 4.62. The Kier molecular flexibility index (Phi) is 4.62. The average Bonchev–Trinajstić information content (AvgIpc) is 3.23. The molecule has 4 aromatic rings. The summed E-state index contributed by atoms with van der Waals surface area (Å²) in [5, 5.41) is 9.46. The van der Waals surface area contributed by atoms with E-state index >= 15 is 0 Å². The van der Waals surface area contributed by atoms with E-state index in [-0.39, 0.29) is 6.10 Å². The highest BCUT2D eigenvalue weighted by molar-refractivity contribution is 7.98. The first kappa shape index (κ1) is 16.7. The smallest absolute Gasteiger partial charge is 0.191 e. The van der Waals surface area contributed by atoms with Crippen LogP contribution in [-0.2, 0) is 12.8 Å². The Morgan fingerprint density at radius 1 is 1.08 bits per heavy atom. The van der Waals surface area contributed by atoms with E-state index in [1.807, 2.05) is 83.9 Å². The number of hydrogen-bond acceptors (Lipinski definition) is 5. The van der Waals surface area contributed by atoms with Gasteiger partial charge in [-0.2, -0.15) is 0 Å². The highest BCUT2D eigenvalue weighted by Gasteiger charge is 2.17. The van der Waals surface area contributed by atoms with Crippen molar-refractivity contribution < 1.29 is 4.74 Å². The van der Waals surface area contributed by atoms with Gasteiger partial charge in [-0.15, -0.1) is 10.2 Å². The van der Waals surface area contributed by atoms with E-state index in [1.54, 1.807) is 11.8 Å². The highest BCUT2D eigenvalue weighted by atomic mass is 32.2.